The van der Waals surface area contributed by atoms with Gasteiger partial charge in [0, 0.05) is 6.42 Å². The molecule has 0 spiro atoms. The highest BCUT2D eigenvalue weighted by Gasteiger charge is 2.32. The van der Waals surface area contributed by atoms with E-state index in [4.69, 9.17) is 11.5 Å². The third-order valence-electron chi connectivity index (χ3n) is 5.40. The van der Waals surface area contributed by atoms with E-state index in [2.05, 4.69) is 16.0 Å². The van der Waals surface area contributed by atoms with Gasteiger partial charge in [0.05, 0.1) is 6.04 Å². The van der Waals surface area contributed by atoms with E-state index in [0.29, 0.717) is 18.6 Å². The molecule has 0 heterocycles. The minimum atomic E-state index is -1.15. The van der Waals surface area contributed by atoms with Crippen LogP contribution in [0.3, 0.4) is 0 Å². The molecule has 4 amide bonds. The number of hydrogen-bond acceptors (Lipinski definition) is 7. The Hall–Kier alpha value is -2.34. The second-order valence-electron chi connectivity index (χ2n) is 8.85. The quantitative estimate of drug-likeness (QED) is 0.159. The zero-order valence-corrected chi connectivity index (χ0v) is 21.6. The van der Waals surface area contributed by atoms with Gasteiger partial charge in [-0.25, -0.2) is 4.79 Å². The number of rotatable bonds is 17. The minimum Gasteiger partial charge on any atom is -0.480 e. The molecule has 34 heavy (non-hydrogen) atoms. The fourth-order valence-electron chi connectivity index (χ4n) is 3.12. The molecule has 0 saturated carbocycles. The van der Waals surface area contributed by atoms with Crippen LogP contribution in [-0.4, -0.2) is 70.9 Å². The van der Waals surface area contributed by atoms with Gasteiger partial charge in [-0.15, -0.1) is 0 Å². The molecule has 0 aromatic heterocycles. The summed E-state index contributed by atoms with van der Waals surface area (Å²) in [6.07, 6.45) is 2.92. The van der Waals surface area contributed by atoms with Gasteiger partial charge in [-0.3, -0.25) is 19.2 Å². The number of hydrogen-bond donors (Lipinski definition) is 6. The molecule has 0 aliphatic carbocycles. The van der Waals surface area contributed by atoms with E-state index >= 15 is 0 Å². The summed E-state index contributed by atoms with van der Waals surface area (Å²) in [5, 5.41) is 17.2. The van der Waals surface area contributed by atoms with Crippen molar-refractivity contribution in [1.29, 1.82) is 0 Å². The molecule has 0 fully saturated rings. The highest BCUT2D eigenvalue weighted by molar-refractivity contribution is 7.98. The van der Waals surface area contributed by atoms with Crippen molar-refractivity contribution in [2.75, 3.05) is 12.0 Å². The third-order valence-corrected chi connectivity index (χ3v) is 6.04. The van der Waals surface area contributed by atoms with Gasteiger partial charge < -0.3 is 32.5 Å². The molecule has 5 unspecified atom stereocenters. The van der Waals surface area contributed by atoms with Crippen LogP contribution >= 0.6 is 11.8 Å². The van der Waals surface area contributed by atoms with Crippen LogP contribution in [0.5, 0.6) is 0 Å². The SMILES string of the molecule is CCC(C)C(NC(=O)C(CC(C)C)NC(=O)C(N)CCC(N)=O)C(=O)NC(CCSC)C(=O)O. The first-order valence-electron chi connectivity index (χ1n) is 11.5. The van der Waals surface area contributed by atoms with Crippen molar-refractivity contribution >= 4 is 41.4 Å². The molecule has 0 rings (SSSR count). The smallest absolute Gasteiger partial charge is 0.326 e. The van der Waals surface area contributed by atoms with E-state index < -0.39 is 53.8 Å². The summed E-state index contributed by atoms with van der Waals surface area (Å²) < 4.78 is 0. The van der Waals surface area contributed by atoms with Crippen molar-refractivity contribution in [3.8, 4) is 0 Å². The summed E-state index contributed by atoms with van der Waals surface area (Å²) in [7, 11) is 0. The predicted octanol–water partition coefficient (Wildman–Crippen LogP) is -0.0365. The van der Waals surface area contributed by atoms with E-state index in [1.165, 1.54) is 11.8 Å². The van der Waals surface area contributed by atoms with Crippen molar-refractivity contribution < 1.29 is 29.1 Å². The van der Waals surface area contributed by atoms with Gasteiger partial charge in [-0.05, 0) is 43.1 Å². The van der Waals surface area contributed by atoms with Crippen molar-refractivity contribution in [2.45, 2.75) is 84.0 Å². The number of primary amides is 1. The summed E-state index contributed by atoms with van der Waals surface area (Å²) in [6.45, 7) is 7.38. The molecule has 0 radical (unpaired) electrons. The molecular weight excluding hydrogens is 462 g/mol. The minimum absolute atomic E-state index is 0.0386. The highest BCUT2D eigenvalue weighted by Crippen LogP contribution is 2.12. The molecular formula is C22H41N5O6S. The maximum absolute atomic E-state index is 13.1. The molecule has 0 aromatic carbocycles. The first-order chi connectivity index (χ1) is 15.8. The molecule has 196 valence electrons. The normalized spacial score (nSPS) is 15.5. The summed E-state index contributed by atoms with van der Waals surface area (Å²) in [5.41, 5.74) is 10.9. The Balaban J connectivity index is 5.49. The Kier molecular flexibility index (Phi) is 15.2. The Morgan fingerprint density at radius 1 is 0.912 bits per heavy atom. The lowest BCUT2D eigenvalue weighted by Crippen LogP contribution is -2.59. The van der Waals surface area contributed by atoms with Crippen LogP contribution in [0.25, 0.3) is 0 Å². The number of carbonyl (C=O) groups excluding carboxylic acids is 4. The maximum atomic E-state index is 13.1. The Bertz CT molecular complexity index is 705. The Morgan fingerprint density at radius 3 is 1.97 bits per heavy atom. The fraction of sp³-hybridized carbons (Fsp3) is 0.773. The largest absolute Gasteiger partial charge is 0.480 e. The zero-order valence-electron chi connectivity index (χ0n) is 20.8. The second kappa shape index (κ2) is 16.3. The van der Waals surface area contributed by atoms with Crippen molar-refractivity contribution in [1.82, 2.24) is 16.0 Å². The Labute approximate surface area is 205 Å². The number of carbonyl (C=O) groups is 5. The van der Waals surface area contributed by atoms with Crippen LogP contribution < -0.4 is 27.4 Å². The van der Waals surface area contributed by atoms with Crippen LogP contribution in [0.15, 0.2) is 0 Å². The highest BCUT2D eigenvalue weighted by atomic mass is 32.2. The summed E-state index contributed by atoms with van der Waals surface area (Å²) in [6, 6.07) is -4.03. The van der Waals surface area contributed by atoms with Gasteiger partial charge in [0.2, 0.25) is 23.6 Å². The van der Waals surface area contributed by atoms with Crippen molar-refractivity contribution in [3.05, 3.63) is 0 Å². The average Bonchev–Trinajstić information content (AvgIpc) is 2.76. The van der Waals surface area contributed by atoms with Gasteiger partial charge in [-0.2, -0.15) is 11.8 Å². The third kappa shape index (κ3) is 12.2. The Morgan fingerprint density at radius 2 is 1.50 bits per heavy atom. The van der Waals surface area contributed by atoms with Crippen molar-refractivity contribution in [3.63, 3.8) is 0 Å². The summed E-state index contributed by atoms with van der Waals surface area (Å²) >= 11 is 1.47. The number of thioether (sulfide) groups is 1. The van der Waals surface area contributed by atoms with Gasteiger partial charge in [-0.1, -0.05) is 34.1 Å². The number of nitrogens with two attached hydrogens (primary N) is 2. The summed E-state index contributed by atoms with van der Waals surface area (Å²) in [5.74, 6) is -3.19. The van der Waals surface area contributed by atoms with Crippen molar-refractivity contribution in [2.24, 2.45) is 23.3 Å². The molecule has 8 N–H and O–H groups in total. The average molecular weight is 504 g/mol. The predicted molar refractivity (Wildman–Crippen MR) is 132 cm³/mol. The molecule has 0 saturated heterocycles. The number of carboxylic acid groups (broad SMARTS) is 1. The van der Waals surface area contributed by atoms with E-state index in [9.17, 15) is 29.1 Å². The monoisotopic (exact) mass is 503 g/mol. The number of amides is 4. The summed E-state index contributed by atoms with van der Waals surface area (Å²) in [4.78, 5) is 61.0. The molecule has 0 aliphatic rings. The maximum Gasteiger partial charge on any atom is 0.326 e. The molecule has 11 nitrogen and oxygen atoms in total. The number of nitrogens with one attached hydrogen (secondary N) is 3. The van der Waals surface area contributed by atoms with Gasteiger partial charge in [0.25, 0.3) is 0 Å². The first-order valence-corrected chi connectivity index (χ1v) is 12.9. The fourth-order valence-corrected chi connectivity index (χ4v) is 3.59. The van der Waals surface area contributed by atoms with E-state index in [1.54, 1.807) is 6.92 Å². The van der Waals surface area contributed by atoms with Crippen LogP contribution in [0.1, 0.15) is 59.8 Å². The lowest BCUT2D eigenvalue weighted by Gasteiger charge is -2.28. The topological polar surface area (TPSA) is 194 Å². The van der Waals surface area contributed by atoms with Crippen LogP contribution in [0.4, 0.5) is 0 Å². The first kappa shape index (κ1) is 31.7. The van der Waals surface area contributed by atoms with E-state index in [0.717, 1.165) is 0 Å². The molecule has 5 atom stereocenters. The number of aliphatic carboxylic acids is 1. The standard InChI is InChI=1S/C22H41N5O6S/c1-6-13(4)18(21(31)25-15(22(32)33)9-10-34-5)27-20(30)16(11-12(2)3)26-19(29)14(23)7-8-17(24)28/h12-16,18H,6-11,23H2,1-5H3,(H2,24,28)(H,25,31)(H,26,29)(H,27,30)(H,32,33). The van der Waals surface area contributed by atoms with Gasteiger partial charge >= 0.3 is 5.97 Å². The van der Waals surface area contributed by atoms with Gasteiger partial charge in [0.1, 0.15) is 18.1 Å². The van der Waals surface area contributed by atoms with E-state index in [1.807, 2.05) is 27.0 Å². The molecule has 0 aliphatic heterocycles. The lowest BCUT2D eigenvalue weighted by molar-refractivity contribution is -0.142. The van der Waals surface area contributed by atoms with Crippen LogP contribution in [-0.2, 0) is 24.0 Å². The van der Waals surface area contributed by atoms with Crippen LogP contribution in [0, 0.1) is 11.8 Å². The lowest BCUT2D eigenvalue weighted by atomic mass is 9.96. The van der Waals surface area contributed by atoms with Gasteiger partial charge in [0.15, 0.2) is 0 Å². The van der Waals surface area contributed by atoms with Crippen LogP contribution in [0.2, 0.25) is 0 Å². The zero-order chi connectivity index (χ0) is 26.4. The molecule has 0 bridgehead atoms. The second-order valence-corrected chi connectivity index (χ2v) is 9.84. The number of carboxylic acids is 1. The molecule has 12 heteroatoms. The van der Waals surface area contributed by atoms with E-state index in [-0.39, 0.29) is 31.1 Å². The molecule has 0 aromatic rings.